The van der Waals surface area contributed by atoms with Crippen LogP contribution in [0.25, 0.3) is 66.2 Å². The van der Waals surface area contributed by atoms with Crippen molar-refractivity contribution in [3.63, 3.8) is 0 Å². The number of rotatable bonds is 3. The molecule has 188 valence electrons. The largest absolute Gasteiger partial charge is 0.247 e. The molecular formula is C34H16N6S. The molecule has 0 aliphatic carbocycles. The van der Waals surface area contributed by atoms with Crippen LogP contribution in [0.3, 0.4) is 0 Å². The van der Waals surface area contributed by atoms with E-state index in [1.165, 1.54) is 23.9 Å². The summed E-state index contributed by atoms with van der Waals surface area (Å²) < 4.78 is 9.09. The standard InChI is InChI=1S/C34H16N6S/c35-17-20-14-25(18-36)31(26(15-20)19-37)22-8-6-21(7-9-22)24-10-11-27-30(16-24)38-33(23-4-2-1-3-5-23)28-12-13-29-34(32(27)28)40-41-39-29/h1-16H. The van der Waals surface area contributed by atoms with E-state index >= 15 is 0 Å². The molecular weight excluding hydrogens is 524 g/mol. The number of nitriles is 3. The molecule has 2 aromatic heterocycles. The van der Waals surface area contributed by atoms with E-state index in [9.17, 15) is 15.8 Å². The highest BCUT2D eigenvalue weighted by Crippen LogP contribution is 2.38. The van der Waals surface area contributed by atoms with Crippen molar-refractivity contribution in [2.75, 3.05) is 0 Å². The fourth-order valence-corrected chi connectivity index (χ4v) is 5.90. The van der Waals surface area contributed by atoms with Crippen molar-refractivity contribution in [1.29, 1.82) is 15.8 Å². The summed E-state index contributed by atoms with van der Waals surface area (Å²) >= 11 is 1.21. The SMILES string of the molecule is N#Cc1cc(C#N)c(-c2ccc(-c3ccc4c(c3)nc(-c3ccccc3)c3ccc5nsnc5c34)cc2)c(C#N)c1. The molecule has 0 N–H and O–H groups in total. The Labute approximate surface area is 239 Å². The molecule has 0 fully saturated rings. The normalized spacial score (nSPS) is 10.9. The van der Waals surface area contributed by atoms with Gasteiger partial charge in [0.1, 0.15) is 11.0 Å². The Morgan fingerprint density at radius 1 is 0.561 bits per heavy atom. The lowest BCUT2D eigenvalue weighted by Gasteiger charge is -2.12. The van der Waals surface area contributed by atoms with E-state index in [1.54, 1.807) is 0 Å². The van der Waals surface area contributed by atoms with E-state index in [4.69, 9.17) is 4.98 Å². The first kappa shape index (κ1) is 24.1. The highest BCUT2D eigenvalue weighted by Gasteiger charge is 2.17. The van der Waals surface area contributed by atoms with Gasteiger partial charge in [-0.25, -0.2) is 4.98 Å². The smallest absolute Gasteiger partial charge is 0.113 e. The first-order valence-corrected chi connectivity index (χ1v) is 13.4. The summed E-state index contributed by atoms with van der Waals surface area (Å²) in [7, 11) is 0. The summed E-state index contributed by atoms with van der Waals surface area (Å²) in [6.45, 7) is 0. The topological polar surface area (TPSA) is 110 Å². The molecule has 6 nitrogen and oxygen atoms in total. The molecule has 7 heteroatoms. The first-order valence-electron chi connectivity index (χ1n) is 12.7. The molecule has 0 aliphatic rings. The Balaban J connectivity index is 1.39. The molecule has 0 unspecified atom stereocenters. The fraction of sp³-hybridized carbons (Fsp3) is 0. The minimum atomic E-state index is 0.287. The number of fused-ring (bicyclic) bond motifs is 5. The molecule has 0 radical (unpaired) electrons. The van der Waals surface area contributed by atoms with E-state index in [1.807, 2.05) is 54.6 Å². The predicted octanol–water partition coefficient (Wildman–Crippen LogP) is 8.01. The summed E-state index contributed by atoms with van der Waals surface area (Å²) in [6.07, 6.45) is 0. The van der Waals surface area contributed by atoms with Crippen LogP contribution in [-0.2, 0) is 0 Å². The van der Waals surface area contributed by atoms with Gasteiger partial charge in [-0.15, -0.1) is 0 Å². The Bertz CT molecular complexity index is 2250. The van der Waals surface area contributed by atoms with E-state index < -0.39 is 0 Å². The second kappa shape index (κ2) is 9.67. The monoisotopic (exact) mass is 540 g/mol. The molecule has 0 bridgehead atoms. The maximum atomic E-state index is 9.70. The number of aromatic nitrogens is 3. The molecule has 0 spiro atoms. The molecule has 5 aromatic carbocycles. The molecule has 2 heterocycles. The van der Waals surface area contributed by atoms with Crippen molar-refractivity contribution in [2.45, 2.75) is 0 Å². The molecule has 0 saturated carbocycles. The van der Waals surface area contributed by atoms with Gasteiger partial charge >= 0.3 is 0 Å². The summed E-state index contributed by atoms with van der Waals surface area (Å²) in [5.41, 5.74) is 8.62. The zero-order valence-corrected chi connectivity index (χ0v) is 22.1. The quantitative estimate of drug-likeness (QED) is 0.210. The van der Waals surface area contributed by atoms with Crippen molar-refractivity contribution in [3.05, 3.63) is 114 Å². The van der Waals surface area contributed by atoms with Crippen LogP contribution in [0, 0.1) is 34.0 Å². The van der Waals surface area contributed by atoms with Crippen molar-refractivity contribution >= 4 is 44.4 Å². The summed E-state index contributed by atoms with van der Waals surface area (Å²) in [4.78, 5) is 5.13. The van der Waals surface area contributed by atoms with Crippen LogP contribution in [0.5, 0.6) is 0 Å². The molecule has 7 aromatic rings. The average molecular weight is 541 g/mol. The van der Waals surface area contributed by atoms with Crippen LogP contribution in [-0.4, -0.2) is 13.7 Å². The third kappa shape index (κ3) is 3.96. The number of pyridine rings is 1. The van der Waals surface area contributed by atoms with E-state index in [2.05, 4.69) is 57.3 Å². The van der Waals surface area contributed by atoms with Gasteiger partial charge in [0.15, 0.2) is 0 Å². The summed E-state index contributed by atoms with van der Waals surface area (Å²) in [5, 5.41) is 31.8. The highest BCUT2D eigenvalue weighted by molar-refractivity contribution is 7.00. The fourth-order valence-electron chi connectivity index (χ4n) is 5.36. The van der Waals surface area contributed by atoms with Gasteiger partial charge in [0.05, 0.1) is 57.8 Å². The molecule has 0 aliphatic heterocycles. The van der Waals surface area contributed by atoms with Crippen LogP contribution in [0.15, 0.2) is 97.1 Å². The number of nitrogens with zero attached hydrogens (tertiary/aromatic N) is 6. The van der Waals surface area contributed by atoms with Gasteiger partial charge in [-0.2, -0.15) is 24.5 Å². The molecule has 41 heavy (non-hydrogen) atoms. The number of hydrogen-bond donors (Lipinski definition) is 0. The van der Waals surface area contributed by atoms with Gasteiger partial charge in [-0.3, -0.25) is 0 Å². The minimum absolute atomic E-state index is 0.287. The Kier molecular flexibility index (Phi) is 5.69. The van der Waals surface area contributed by atoms with Gasteiger partial charge in [0.2, 0.25) is 0 Å². The van der Waals surface area contributed by atoms with E-state index in [0.29, 0.717) is 16.7 Å². The van der Waals surface area contributed by atoms with Crippen LogP contribution >= 0.6 is 11.7 Å². The number of hydrogen-bond acceptors (Lipinski definition) is 7. The van der Waals surface area contributed by atoms with Crippen molar-refractivity contribution in [1.82, 2.24) is 13.7 Å². The third-order valence-corrected chi connectivity index (χ3v) is 7.79. The molecule has 0 saturated heterocycles. The lowest BCUT2D eigenvalue weighted by Crippen LogP contribution is -1.93. The highest BCUT2D eigenvalue weighted by atomic mass is 32.1. The molecule has 0 atom stereocenters. The minimum Gasteiger partial charge on any atom is -0.247 e. The van der Waals surface area contributed by atoms with Crippen LogP contribution < -0.4 is 0 Å². The lowest BCUT2D eigenvalue weighted by molar-refractivity contribution is 1.41. The zero-order valence-electron chi connectivity index (χ0n) is 21.3. The van der Waals surface area contributed by atoms with Crippen molar-refractivity contribution < 1.29 is 0 Å². The van der Waals surface area contributed by atoms with Gasteiger partial charge in [-0.1, -0.05) is 66.7 Å². The predicted molar refractivity (Wildman–Crippen MR) is 161 cm³/mol. The Morgan fingerprint density at radius 2 is 1.24 bits per heavy atom. The lowest BCUT2D eigenvalue weighted by atomic mass is 9.92. The zero-order chi connectivity index (χ0) is 27.9. The first-order chi connectivity index (χ1) is 20.2. The van der Waals surface area contributed by atoms with Gasteiger partial charge in [0, 0.05) is 27.3 Å². The van der Waals surface area contributed by atoms with Gasteiger partial charge < -0.3 is 0 Å². The molecule has 7 rings (SSSR count). The Morgan fingerprint density at radius 3 is 1.95 bits per heavy atom. The maximum absolute atomic E-state index is 9.70. The summed E-state index contributed by atoms with van der Waals surface area (Å²) in [6, 6.07) is 37.5. The van der Waals surface area contributed by atoms with Crippen LogP contribution in [0.2, 0.25) is 0 Å². The van der Waals surface area contributed by atoms with Gasteiger partial charge in [0.25, 0.3) is 0 Å². The average Bonchev–Trinajstić information content (AvgIpc) is 3.53. The summed E-state index contributed by atoms with van der Waals surface area (Å²) in [5.74, 6) is 0. The number of benzene rings is 5. The Hall–Kier alpha value is -5.94. The van der Waals surface area contributed by atoms with Crippen LogP contribution in [0.4, 0.5) is 0 Å². The van der Waals surface area contributed by atoms with Crippen molar-refractivity contribution in [2.24, 2.45) is 0 Å². The van der Waals surface area contributed by atoms with Crippen LogP contribution in [0.1, 0.15) is 16.7 Å². The van der Waals surface area contributed by atoms with Gasteiger partial charge in [-0.05, 0) is 47.0 Å². The molecule has 0 amide bonds. The third-order valence-electron chi connectivity index (χ3n) is 7.24. The van der Waals surface area contributed by atoms with Crippen molar-refractivity contribution in [3.8, 4) is 51.7 Å². The second-order valence-electron chi connectivity index (χ2n) is 9.54. The maximum Gasteiger partial charge on any atom is 0.113 e. The second-order valence-corrected chi connectivity index (χ2v) is 10.1. The van der Waals surface area contributed by atoms with E-state index in [0.717, 1.165) is 60.7 Å². The van der Waals surface area contributed by atoms with E-state index in [-0.39, 0.29) is 5.56 Å².